The third kappa shape index (κ3) is 3.64. The number of carbonyl (C=O) groups excluding carboxylic acids is 1. The van der Waals surface area contributed by atoms with E-state index in [0.717, 1.165) is 0 Å². The number of carbonyl (C=O) groups is 1. The molecule has 0 spiro atoms. The Morgan fingerprint density at radius 2 is 2.08 bits per heavy atom. The van der Waals surface area contributed by atoms with Crippen LogP contribution in [0.3, 0.4) is 0 Å². The van der Waals surface area contributed by atoms with E-state index < -0.39 is 16.1 Å². The summed E-state index contributed by atoms with van der Waals surface area (Å²) in [5.41, 5.74) is 0.350. The molecule has 1 atom stereocenters. The van der Waals surface area contributed by atoms with E-state index >= 15 is 0 Å². The molecule has 2 aromatic rings. The van der Waals surface area contributed by atoms with E-state index in [1.165, 1.54) is 39.9 Å². The molecule has 1 amide bonds. The summed E-state index contributed by atoms with van der Waals surface area (Å²) in [6, 6.07) is 5.76. The van der Waals surface area contributed by atoms with Gasteiger partial charge in [-0.3, -0.25) is 10.1 Å². The predicted octanol–water partition coefficient (Wildman–Crippen LogP) is 1.54. The molecule has 0 unspecified atom stereocenters. The van der Waals surface area contributed by atoms with Crippen LogP contribution in [-0.2, 0) is 10.0 Å². The van der Waals surface area contributed by atoms with Gasteiger partial charge in [-0.1, -0.05) is 0 Å². The molecule has 1 fully saturated rings. The number of aliphatic hydroxyl groups excluding tert-OH is 1. The fourth-order valence-electron chi connectivity index (χ4n) is 2.52. The van der Waals surface area contributed by atoms with Crippen LogP contribution in [0.4, 0.5) is 5.13 Å². The molecule has 2 N–H and O–H groups in total. The number of benzene rings is 1. The van der Waals surface area contributed by atoms with Crippen molar-refractivity contribution in [1.82, 2.24) is 9.29 Å². The summed E-state index contributed by atoms with van der Waals surface area (Å²) < 4.78 is 26.4. The maximum absolute atomic E-state index is 12.6. The van der Waals surface area contributed by atoms with Crippen molar-refractivity contribution in [3.63, 3.8) is 0 Å². The van der Waals surface area contributed by atoms with Crippen LogP contribution in [0.2, 0.25) is 0 Å². The third-order valence-electron chi connectivity index (χ3n) is 3.77. The highest BCUT2D eigenvalue weighted by Crippen LogP contribution is 2.21. The Kier molecular flexibility index (Phi) is 4.95. The molecule has 0 radical (unpaired) electrons. The number of aliphatic hydroxyl groups is 1. The van der Waals surface area contributed by atoms with Crippen molar-refractivity contribution < 1.29 is 18.3 Å². The maximum atomic E-state index is 12.6. The lowest BCUT2D eigenvalue weighted by Gasteiger charge is -2.29. The summed E-state index contributed by atoms with van der Waals surface area (Å²) in [4.78, 5) is 16.2. The molecule has 3 rings (SSSR count). The Bertz CT molecular complexity index is 804. The van der Waals surface area contributed by atoms with E-state index in [1.54, 1.807) is 11.6 Å². The molecule has 24 heavy (non-hydrogen) atoms. The van der Waals surface area contributed by atoms with Gasteiger partial charge in [0.2, 0.25) is 10.0 Å². The van der Waals surface area contributed by atoms with E-state index in [9.17, 15) is 18.3 Å². The van der Waals surface area contributed by atoms with E-state index in [-0.39, 0.29) is 17.3 Å². The fourth-order valence-corrected chi connectivity index (χ4v) is 4.56. The van der Waals surface area contributed by atoms with E-state index in [2.05, 4.69) is 10.3 Å². The molecule has 7 nitrogen and oxygen atoms in total. The number of hydrogen-bond acceptors (Lipinski definition) is 6. The monoisotopic (exact) mass is 367 g/mol. The highest BCUT2D eigenvalue weighted by molar-refractivity contribution is 7.89. The van der Waals surface area contributed by atoms with Gasteiger partial charge < -0.3 is 5.11 Å². The second-order valence-corrected chi connectivity index (χ2v) is 8.31. The summed E-state index contributed by atoms with van der Waals surface area (Å²) in [6.45, 7) is 0.500. The number of aromatic nitrogens is 1. The number of hydrogen-bond donors (Lipinski definition) is 2. The molecular formula is C15H17N3O4S2. The van der Waals surface area contributed by atoms with Crippen LogP contribution < -0.4 is 5.32 Å². The van der Waals surface area contributed by atoms with Crippen molar-refractivity contribution in [3.8, 4) is 0 Å². The zero-order valence-corrected chi connectivity index (χ0v) is 14.4. The molecule has 9 heteroatoms. The molecule has 0 saturated carbocycles. The van der Waals surface area contributed by atoms with Gasteiger partial charge in [-0.2, -0.15) is 4.31 Å². The Morgan fingerprint density at radius 1 is 1.33 bits per heavy atom. The largest absolute Gasteiger partial charge is 0.392 e. The number of amides is 1. The van der Waals surface area contributed by atoms with Crippen LogP contribution in [0.25, 0.3) is 0 Å². The molecule has 0 aliphatic carbocycles. The minimum Gasteiger partial charge on any atom is -0.392 e. The van der Waals surface area contributed by atoms with Crippen molar-refractivity contribution >= 4 is 32.4 Å². The van der Waals surface area contributed by atoms with Crippen LogP contribution in [-0.4, -0.2) is 47.9 Å². The topological polar surface area (TPSA) is 99.6 Å². The van der Waals surface area contributed by atoms with Gasteiger partial charge in [0.15, 0.2) is 5.13 Å². The lowest BCUT2D eigenvalue weighted by Crippen LogP contribution is -2.42. The van der Waals surface area contributed by atoms with Crippen molar-refractivity contribution in [1.29, 1.82) is 0 Å². The number of piperidine rings is 1. The predicted molar refractivity (Wildman–Crippen MR) is 90.5 cm³/mol. The number of nitrogens with one attached hydrogen (secondary N) is 1. The Labute approximate surface area is 144 Å². The van der Waals surface area contributed by atoms with E-state index in [1.807, 2.05) is 0 Å². The average molecular weight is 367 g/mol. The van der Waals surface area contributed by atoms with Crippen molar-refractivity contribution in [2.24, 2.45) is 0 Å². The van der Waals surface area contributed by atoms with Gasteiger partial charge in [-0.25, -0.2) is 13.4 Å². The number of sulfonamides is 1. The number of thiazole rings is 1. The van der Waals surface area contributed by atoms with E-state index in [0.29, 0.717) is 30.1 Å². The number of nitrogens with zero attached hydrogens (tertiary/aromatic N) is 2. The lowest BCUT2D eigenvalue weighted by atomic mass is 10.1. The summed E-state index contributed by atoms with van der Waals surface area (Å²) >= 11 is 1.30. The van der Waals surface area contributed by atoms with Gasteiger partial charge in [-0.15, -0.1) is 11.3 Å². The highest BCUT2D eigenvalue weighted by atomic mass is 32.2. The Balaban J connectivity index is 1.75. The first-order valence-electron chi connectivity index (χ1n) is 7.46. The van der Waals surface area contributed by atoms with Crippen LogP contribution in [0.15, 0.2) is 40.7 Å². The van der Waals surface area contributed by atoms with Crippen LogP contribution in [0, 0.1) is 0 Å². The first-order valence-corrected chi connectivity index (χ1v) is 9.78. The number of anilines is 1. The molecule has 1 aliphatic rings. The molecule has 1 aromatic heterocycles. The smallest absolute Gasteiger partial charge is 0.257 e. The first-order chi connectivity index (χ1) is 11.5. The average Bonchev–Trinajstić information content (AvgIpc) is 3.08. The van der Waals surface area contributed by atoms with Crippen LogP contribution in [0.5, 0.6) is 0 Å². The fraction of sp³-hybridized carbons (Fsp3) is 0.333. The number of β-amino-alcohol motifs (C(OH)–C–C–N with tert-alkyl or cyclic N) is 1. The molecule has 1 saturated heterocycles. The van der Waals surface area contributed by atoms with Crippen molar-refractivity contribution in [2.75, 3.05) is 18.4 Å². The molecular weight excluding hydrogens is 350 g/mol. The Hall–Kier alpha value is -1.81. The van der Waals surface area contributed by atoms with Gasteiger partial charge in [0, 0.05) is 30.2 Å². The standard InChI is InChI=1S/C15H17N3O4S2/c19-12-2-1-8-18(10-12)24(21,22)13-5-3-11(4-6-13)14(20)17-15-16-7-9-23-15/h3-7,9,12,19H,1-2,8,10H2,(H,16,17,20)/t12-/m1/s1. The minimum atomic E-state index is -3.66. The molecule has 2 heterocycles. The highest BCUT2D eigenvalue weighted by Gasteiger charge is 2.29. The number of rotatable bonds is 4. The van der Waals surface area contributed by atoms with E-state index in [4.69, 9.17) is 0 Å². The zero-order valence-electron chi connectivity index (χ0n) is 12.8. The lowest BCUT2D eigenvalue weighted by molar-refractivity contribution is 0.102. The summed E-state index contributed by atoms with van der Waals surface area (Å²) in [6.07, 6.45) is 2.21. The second kappa shape index (κ2) is 6.98. The van der Waals surface area contributed by atoms with Gasteiger partial charge in [-0.05, 0) is 37.1 Å². The second-order valence-electron chi connectivity index (χ2n) is 5.47. The molecule has 128 valence electrons. The minimum absolute atomic E-state index is 0.106. The molecule has 0 bridgehead atoms. The summed E-state index contributed by atoms with van der Waals surface area (Å²) in [5.74, 6) is -0.345. The normalized spacial score (nSPS) is 19.1. The van der Waals surface area contributed by atoms with Crippen LogP contribution >= 0.6 is 11.3 Å². The summed E-state index contributed by atoms with van der Waals surface area (Å²) in [5, 5.41) is 14.5. The molecule has 1 aromatic carbocycles. The Morgan fingerprint density at radius 3 is 2.71 bits per heavy atom. The SMILES string of the molecule is O=C(Nc1nccs1)c1ccc(S(=O)(=O)N2CCC[C@@H](O)C2)cc1. The van der Waals surface area contributed by atoms with Gasteiger partial charge in [0.1, 0.15) is 0 Å². The van der Waals surface area contributed by atoms with Crippen LogP contribution in [0.1, 0.15) is 23.2 Å². The van der Waals surface area contributed by atoms with Crippen molar-refractivity contribution in [2.45, 2.75) is 23.8 Å². The van der Waals surface area contributed by atoms with Crippen molar-refractivity contribution in [3.05, 3.63) is 41.4 Å². The quantitative estimate of drug-likeness (QED) is 0.854. The molecule has 1 aliphatic heterocycles. The van der Waals surface area contributed by atoms with Gasteiger partial charge in [0.25, 0.3) is 5.91 Å². The zero-order chi connectivity index (χ0) is 17.2. The summed E-state index contributed by atoms with van der Waals surface area (Å²) in [7, 11) is -3.66. The first kappa shape index (κ1) is 17.0. The van der Waals surface area contributed by atoms with Gasteiger partial charge >= 0.3 is 0 Å². The third-order valence-corrected chi connectivity index (χ3v) is 6.33. The van der Waals surface area contributed by atoms with Gasteiger partial charge in [0.05, 0.1) is 11.0 Å². The maximum Gasteiger partial charge on any atom is 0.257 e.